The molecule has 0 aliphatic carbocycles. The van der Waals surface area contributed by atoms with E-state index >= 15 is 0 Å². The molecule has 3 rings (SSSR count). The lowest BCUT2D eigenvalue weighted by atomic mass is 10.0. The lowest BCUT2D eigenvalue weighted by Gasteiger charge is -2.12. The minimum Gasteiger partial charge on any atom is -0.329 e. The minimum absolute atomic E-state index is 0.000690. The Balaban J connectivity index is 1.63. The van der Waals surface area contributed by atoms with Crippen molar-refractivity contribution in [3.8, 4) is 6.07 Å². The standard InChI is InChI=1S/C16H14N4O3S/c17-8-10(15-19-11-4-1-2-6-13(11)24-15)12(21)5-3-7-20-14(22)9-18-16(20)23/h1-2,4,6,10H,3,5,7,9H2,(H,18,23). The van der Waals surface area contributed by atoms with Crippen molar-refractivity contribution >= 4 is 39.3 Å². The Morgan fingerprint density at radius 3 is 2.88 bits per heavy atom. The van der Waals surface area contributed by atoms with Crippen molar-refractivity contribution in [1.29, 1.82) is 5.26 Å². The van der Waals surface area contributed by atoms with Crippen molar-refractivity contribution in [2.24, 2.45) is 0 Å². The summed E-state index contributed by atoms with van der Waals surface area (Å²) in [6, 6.07) is 9.05. The number of rotatable bonds is 6. The lowest BCUT2D eigenvalue weighted by Crippen LogP contribution is -2.32. The van der Waals surface area contributed by atoms with Crippen LogP contribution in [-0.2, 0) is 9.59 Å². The number of benzene rings is 1. The van der Waals surface area contributed by atoms with Gasteiger partial charge in [0, 0.05) is 13.0 Å². The number of thiazole rings is 1. The number of ketones is 1. The highest BCUT2D eigenvalue weighted by atomic mass is 32.1. The van der Waals surface area contributed by atoms with Crippen LogP contribution in [0.1, 0.15) is 23.8 Å². The van der Waals surface area contributed by atoms with Gasteiger partial charge in [-0.05, 0) is 18.6 Å². The fraction of sp³-hybridized carbons (Fsp3) is 0.312. The third-order valence-corrected chi connectivity index (χ3v) is 4.85. The number of hydrogen-bond acceptors (Lipinski definition) is 6. The van der Waals surface area contributed by atoms with E-state index in [0.717, 1.165) is 15.1 Å². The van der Waals surface area contributed by atoms with E-state index in [1.807, 2.05) is 30.3 Å². The molecule has 24 heavy (non-hydrogen) atoms. The molecule has 1 aliphatic heterocycles. The monoisotopic (exact) mass is 342 g/mol. The normalized spacial score (nSPS) is 15.4. The first-order valence-electron chi connectivity index (χ1n) is 7.46. The molecular formula is C16H14N4O3S. The van der Waals surface area contributed by atoms with Crippen LogP contribution < -0.4 is 5.32 Å². The number of imide groups is 1. The molecule has 1 saturated heterocycles. The van der Waals surface area contributed by atoms with Crippen LogP contribution in [0.5, 0.6) is 0 Å². The van der Waals surface area contributed by atoms with Gasteiger partial charge in [-0.3, -0.25) is 14.5 Å². The van der Waals surface area contributed by atoms with Crippen molar-refractivity contribution in [2.45, 2.75) is 18.8 Å². The quantitative estimate of drug-likeness (QED) is 0.806. The molecule has 1 fully saturated rings. The molecule has 7 nitrogen and oxygen atoms in total. The van der Waals surface area contributed by atoms with Crippen LogP contribution in [0.4, 0.5) is 4.79 Å². The first-order chi connectivity index (χ1) is 11.6. The smallest absolute Gasteiger partial charge is 0.324 e. The SMILES string of the molecule is N#CC(C(=O)CCCN1C(=O)CNC1=O)c1nc2ccccc2s1. The Morgan fingerprint density at radius 1 is 1.42 bits per heavy atom. The van der Waals surface area contributed by atoms with Crippen molar-refractivity contribution in [3.63, 3.8) is 0 Å². The molecule has 122 valence electrons. The highest BCUT2D eigenvalue weighted by Crippen LogP contribution is 2.28. The maximum atomic E-state index is 12.3. The van der Waals surface area contributed by atoms with Crippen molar-refractivity contribution < 1.29 is 14.4 Å². The van der Waals surface area contributed by atoms with E-state index in [0.29, 0.717) is 11.4 Å². The second kappa shape index (κ2) is 6.76. The van der Waals surface area contributed by atoms with Gasteiger partial charge in [0.05, 0.1) is 22.8 Å². The van der Waals surface area contributed by atoms with Crippen LogP contribution in [0.15, 0.2) is 24.3 Å². The summed E-state index contributed by atoms with van der Waals surface area (Å²) in [5.41, 5.74) is 0.768. The third kappa shape index (κ3) is 3.12. The molecule has 0 radical (unpaired) electrons. The number of aromatic nitrogens is 1. The molecule has 0 spiro atoms. The molecule has 2 aromatic rings. The van der Waals surface area contributed by atoms with E-state index in [1.165, 1.54) is 11.3 Å². The maximum absolute atomic E-state index is 12.3. The number of nitriles is 1. The van der Waals surface area contributed by atoms with Crippen LogP contribution in [0.3, 0.4) is 0 Å². The zero-order valence-electron chi connectivity index (χ0n) is 12.7. The summed E-state index contributed by atoms with van der Waals surface area (Å²) in [5.74, 6) is -1.45. The first-order valence-corrected chi connectivity index (χ1v) is 8.28. The summed E-state index contributed by atoms with van der Waals surface area (Å²) in [6.07, 6.45) is 0.451. The highest BCUT2D eigenvalue weighted by Gasteiger charge is 2.29. The zero-order valence-corrected chi connectivity index (χ0v) is 13.5. The Kier molecular flexibility index (Phi) is 4.53. The minimum atomic E-state index is -0.912. The number of fused-ring (bicyclic) bond motifs is 1. The second-order valence-electron chi connectivity index (χ2n) is 5.36. The van der Waals surface area contributed by atoms with Gasteiger partial charge in [-0.1, -0.05) is 12.1 Å². The Hall–Kier alpha value is -2.79. The molecule has 1 aliphatic rings. The summed E-state index contributed by atoms with van der Waals surface area (Å²) in [4.78, 5) is 40.7. The van der Waals surface area contributed by atoms with Gasteiger partial charge in [0.1, 0.15) is 5.01 Å². The van der Waals surface area contributed by atoms with E-state index in [4.69, 9.17) is 0 Å². The number of nitrogens with one attached hydrogen (secondary N) is 1. The molecule has 1 N–H and O–H groups in total. The van der Waals surface area contributed by atoms with Crippen LogP contribution in [0.2, 0.25) is 0 Å². The maximum Gasteiger partial charge on any atom is 0.324 e. The van der Waals surface area contributed by atoms with Gasteiger partial charge in [-0.15, -0.1) is 11.3 Å². The van der Waals surface area contributed by atoms with Crippen LogP contribution >= 0.6 is 11.3 Å². The summed E-state index contributed by atoms with van der Waals surface area (Å²) in [5, 5.41) is 12.2. The Labute approximate surface area is 141 Å². The van der Waals surface area contributed by atoms with E-state index < -0.39 is 11.9 Å². The average molecular weight is 342 g/mol. The van der Waals surface area contributed by atoms with Gasteiger partial charge in [-0.2, -0.15) is 5.26 Å². The fourth-order valence-corrected chi connectivity index (χ4v) is 3.55. The van der Waals surface area contributed by atoms with Gasteiger partial charge in [-0.25, -0.2) is 9.78 Å². The molecule has 1 atom stereocenters. The number of Topliss-reactive ketones (excluding diaryl/α,β-unsaturated/α-hetero) is 1. The van der Waals surface area contributed by atoms with Gasteiger partial charge in [0.2, 0.25) is 5.91 Å². The van der Waals surface area contributed by atoms with Gasteiger partial charge in [0.15, 0.2) is 11.7 Å². The van der Waals surface area contributed by atoms with Gasteiger partial charge < -0.3 is 5.32 Å². The van der Waals surface area contributed by atoms with Crippen molar-refractivity contribution in [2.75, 3.05) is 13.1 Å². The van der Waals surface area contributed by atoms with Gasteiger partial charge >= 0.3 is 6.03 Å². The second-order valence-corrected chi connectivity index (χ2v) is 6.42. The van der Waals surface area contributed by atoms with E-state index in [9.17, 15) is 19.6 Å². The highest BCUT2D eigenvalue weighted by molar-refractivity contribution is 7.18. The molecule has 3 amide bonds. The molecule has 0 bridgehead atoms. The average Bonchev–Trinajstić information content (AvgIpc) is 3.13. The molecule has 8 heteroatoms. The molecule has 2 heterocycles. The van der Waals surface area contributed by atoms with Gasteiger partial charge in [0.25, 0.3) is 0 Å². The Morgan fingerprint density at radius 2 is 2.21 bits per heavy atom. The Bertz CT molecular complexity index is 805. The number of para-hydroxylation sites is 1. The molecule has 1 aromatic heterocycles. The number of urea groups is 1. The molecule has 1 unspecified atom stereocenters. The summed E-state index contributed by atoms with van der Waals surface area (Å²) in [7, 11) is 0. The summed E-state index contributed by atoms with van der Waals surface area (Å²) >= 11 is 1.33. The molecular weight excluding hydrogens is 328 g/mol. The number of nitrogens with zero attached hydrogens (tertiary/aromatic N) is 3. The van der Waals surface area contributed by atoms with Crippen LogP contribution in [0, 0.1) is 11.3 Å². The molecule has 1 aromatic carbocycles. The molecule has 0 saturated carbocycles. The number of carbonyl (C=O) groups excluding carboxylic acids is 3. The first kappa shape index (κ1) is 16.1. The summed E-state index contributed by atoms with van der Waals surface area (Å²) < 4.78 is 0.930. The van der Waals surface area contributed by atoms with Crippen molar-refractivity contribution in [1.82, 2.24) is 15.2 Å². The van der Waals surface area contributed by atoms with Crippen molar-refractivity contribution in [3.05, 3.63) is 29.3 Å². The predicted octanol–water partition coefficient (Wildman–Crippen LogP) is 1.80. The number of amides is 3. The van der Waals surface area contributed by atoms with E-state index in [1.54, 1.807) is 0 Å². The third-order valence-electron chi connectivity index (χ3n) is 3.75. The number of carbonyl (C=O) groups is 3. The largest absolute Gasteiger partial charge is 0.329 e. The van der Waals surface area contributed by atoms with E-state index in [-0.39, 0.29) is 31.2 Å². The lowest BCUT2D eigenvalue weighted by molar-refractivity contribution is -0.125. The zero-order chi connectivity index (χ0) is 17.1. The topological polar surface area (TPSA) is 103 Å². The van der Waals surface area contributed by atoms with Crippen LogP contribution in [0.25, 0.3) is 10.2 Å². The van der Waals surface area contributed by atoms with E-state index in [2.05, 4.69) is 10.3 Å². The number of hydrogen-bond donors (Lipinski definition) is 1. The fourth-order valence-electron chi connectivity index (χ4n) is 2.52. The predicted molar refractivity (Wildman–Crippen MR) is 87.3 cm³/mol. The van der Waals surface area contributed by atoms with Crippen LogP contribution in [-0.4, -0.2) is 40.7 Å². The summed E-state index contributed by atoms with van der Waals surface area (Å²) in [6.45, 7) is 0.174.